The van der Waals surface area contributed by atoms with Gasteiger partial charge in [0.05, 0.1) is 6.54 Å². The Bertz CT molecular complexity index is 519. The van der Waals surface area contributed by atoms with Crippen molar-refractivity contribution >= 4 is 12.0 Å². The molecule has 0 radical (unpaired) electrons. The quantitative estimate of drug-likeness (QED) is 0.812. The molecule has 1 aromatic heterocycles. The molecule has 1 atom stereocenters. The van der Waals surface area contributed by atoms with Crippen LogP contribution in [0.25, 0.3) is 0 Å². The minimum absolute atomic E-state index is 0.336. The first-order valence-corrected chi connectivity index (χ1v) is 6.44. The summed E-state index contributed by atoms with van der Waals surface area (Å²) < 4.78 is 1.88. The van der Waals surface area contributed by atoms with Crippen LogP contribution in [0.2, 0.25) is 0 Å². The van der Waals surface area contributed by atoms with E-state index in [-0.39, 0.29) is 6.03 Å². The van der Waals surface area contributed by atoms with Gasteiger partial charge in [-0.2, -0.15) is 0 Å². The number of amides is 2. The third-order valence-corrected chi connectivity index (χ3v) is 3.31. The van der Waals surface area contributed by atoms with Crippen molar-refractivity contribution in [1.82, 2.24) is 25.0 Å². The van der Waals surface area contributed by atoms with Crippen molar-refractivity contribution in [2.45, 2.75) is 39.9 Å². The van der Waals surface area contributed by atoms with Gasteiger partial charge in [0.2, 0.25) is 0 Å². The molecule has 2 amide bonds. The molecule has 0 bridgehead atoms. The van der Waals surface area contributed by atoms with E-state index in [0.717, 1.165) is 0 Å². The van der Waals surface area contributed by atoms with E-state index in [0.29, 0.717) is 25.5 Å². The second kappa shape index (κ2) is 5.10. The van der Waals surface area contributed by atoms with Crippen LogP contribution in [-0.2, 0) is 17.9 Å². The molecule has 8 heteroatoms. The van der Waals surface area contributed by atoms with E-state index in [1.54, 1.807) is 32.0 Å². The molecule has 0 unspecified atom stereocenters. The van der Waals surface area contributed by atoms with Gasteiger partial charge in [0.1, 0.15) is 12.4 Å². The molecule has 8 nitrogen and oxygen atoms in total. The number of aliphatic carboxylic acids is 1. The summed E-state index contributed by atoms with van der Waals surface area (Å²) in [6, 6.07) is -1.32. The zero-order chi connectivity index (χ0) is 14.9. The molecule has 0 spiro atoms. The number of nitrogens with one attached hydrogen (secondary N) is 1. The van der Waals surface area contributed by atoms with Crippen LogP contribution in [0.5, 0.6) is 0 Å². The average molecular weight is 281 g/mol. The summed E-state index contributed by atoms with van der Waals surface area (Å²) >= 11 is 0. The Morgan fingerprint density at radius 2 is 2.10 bits per heavy atom. The number of carbonyl (C=O) groups is 2. The van der Waals surface area contributed by atoms with Gasteiger partial charge in [-0.3, -0.25) is 0 Å². The molecular formula is C12H19N5O3. The lowest BCUT2D eigenvalue weighted by Crippen LogP contribution is -2.54. The van der Waals surface area contributed by atoms with Crippen LogP contribution in [0.15, 0.2) is 6.33 Å². The Morgan fingerprint density at radius 1 is 1.40 bits per heavy atom. The minimum Gasteiger partial charge on any atom is -0.480 e. The first-order valence-electron chi connectivity index (χ1n) is 6.44. The van der Waals surface area contributed by atoms with Crippen LogP contribution in [0.3, 0.4) is 0 Å². The number of rotatable bonds is 2. The summed E-state index contributed by atoms with van der Waals surface area (Å²) in [4.78, 5) is 25.0. The number of aromatic nitrogens is 3. The van der Waals surface area contributed by atoms with E-state index >= 15 is 0 Å². The highest BCUT2D eigenvalue weighted by Crippen LogP contribution is 2.20. The molecule has 0 fully saturated rings. The largest absolute Gasteiger partial charge is 0.480 e. The van der Waals surface area contributed by atoms with E-state index in [4.69, 9.17) is 0 Å². The summed E-state index contributed by atoms with van der Waals surface area (Å²) in [5.74, 6) is -0.333. The highest BCUT2D eigenvalue weighted by molar-refractivity contribution is 5.83. The maximum absolute atomic E-state index is 12.2. The Hall–Kier alpha value is -2.12. The molecule has 2 rings (SSSR count). The lowest BCUT2D eigenvalue weighted by molar-refractivity contribution is -0.142. The fraction of sp³-hybridized carbons (Fsp3) is 0.667. The van der Waals surface area contributed by atoms with Crippen molar-refractivity contribution in [2.75, 3.05) is 6.54 Å². The van der Waals surface area contributed by atoms with Gasteiger partial charge in [0, 0.05) is 13.1 Å². The van der Waals surface area contributed by atoms with Crippen LogP contribution < -0.4 is 5.32 Å². The van der Waals surface area contributed by atoms with Gasteiger partial charge in [-0.1, -0.05) is 20.8 Å². The monoisotopic (exact) mass is 281 g/mol. The summed E-state index contributed by atoms with van der Waals surface area (Å²) in [5, 5.41) is 19.5. The number of hydrogen-bond donors (Lipinski definition) is 2. The minimum atomic E-state index is -1.04. The smallest absolute Gasteiger partial charge is 0.326 e. The molecule has 1 aliphatic rings. The molecule has 1 aliphatic heterocycles. The molecule has 2 N–H and O–H groups in total. The lowest BCUT2D eigenvalue weighted by Gasteiger charge is -2.32. The summed E-state index contributed by atoms with van der Waals surface area (Å²) in [6.07, 6.45) is 1.62. The van der Waals surface area contributed by atoms with Crippen LogP contribution in [0, 0.1) is 5.41 Å². The van der Waals surface area contributed by atoms with Crippen LogP contribution in [0.4, 0.5) is 4.79 Å². The van der Waals surface area contributed by atoms with Crippen molar-refractivity contribution < 1.29 is 14.7 Å². The molecule has 20 heavy (non-hydrogen) atoms. The Kier molecular flexibility index (Phi) is 3.65. The maximum atomic E-state index is 12.2. The van der Waals surface area contributed by atoms with Crippen LogP contribution in [0.1, 0.15) is 26.6 Å². The third kappa shape index (κ3) is 2.89. The van der Waals surface area contributed by atoms with Gasteiger partial charge < -0.3 is 19.9 Å². The van der Waals surface area contributed by atoms with Crippen molar-refractivity contribution in [3.05, 3.63) is 12.2 Å². The number of fused-ring (bicyclic) bond motifs is 1. The Balaban J connectivity index is 2.04. The number of carbonyl (C=O) groups excluding carboxylic acids is 1. The standard InChI is InChI=1S/C12H19N5O3/c1-12(2,3)9(10(18)19)14-11(20)16-4-5-17-7-13-15-8(17)6-16/h7,9H,4-6H2,1-3H3,(H,14,20)(H,18,19)/t9-/m0/s1. The zero-order valence-electron chi connectivity index (χ0n) is 11.8. The normalized spacial score (nSPS) is 16.4. The Labute approximate surface area is 116 Å². The van der Waals surface area contributed by atoms with Crippen molar-refractivity contribution in [2.24, 2.45) is 5.41 Å². The maximum Gasteiger partial charge on any atom is 0.326 e. The van der Waals surface area contributed by atoms with Crippen molar-refractivity contribution in [1.29, 1.82) is 0 Å². The number of carboxylic acids is 1. The summed E-state index contributed by atoms with van der Waals surface area (Å²) in [6.45, 7) is 6.79. The molecule has 0 saturated carbocycles. The molecule has 2 heterocycles. The van der Waals surface area contributed by atoms with E-state index < -0.39 is 17.4 Å². The number of nitrogens with zero attached hydrogens (tertiary/aromatic N) is 4. The first-order chi connectivity index (χ1) is 9.29. The second-order valence-corrected chi connectivity index (χ2v) is 5.95. The van der Waals surface area contributed by atoms with Gasteiger partial charge in [-0.15, -0.1) is 10.2 Å². The molecule has 0 saturated heterocycles. The number of hydrogen-bond acceptors (Lipinski definition) is 4. The van der Waals surface area contributed by atoms with Gasteiger partial charge in [0.25, 0.3) is 0 Å². The number of urea groups is 1. The Morgan fingerprint density at radius 3 is 2.70 bits per heavy atom. The van der Waals surface area contributed by atoms with Gasteiger partial charge in [-0.25, -0.2) is 9.59 Å². The zero-order valence-corrected chi connectivity index (χ0v) is 11.8. The highest BCUT2D eigenvalue weighted by Gasteiger charge is 2.34. The lowest BCUT2D eigenvalue weighted by atomic mass is 9.87. The van der Waals surface area contributed by atoms with Crippen LogP contribution in [-0.4, -0.2) is 49.4 Å². The van der Waals surface area contributed by atoms with E-state index in [9.17, 15) is 14.7 Å². The van der Waals surface area contributed by atoms with Crippen LogP contribution >= 0.6 is 0 Å². The SMILES string of the molecule is CC(C)(C)[C@@H](NC(=O)N1CCn2cnnc2C1)C(=O)O. The topological polar surface area (TPSA) is 100 Å². The molecule has 110 valence electrons. The fourth-order valence-electron chi connectivity index (χ4n) is 2.10. The predicted octanol–water partition coefficient (Wildman–Crippen LogP) is 0.303. The predicted molar refractivity (Wildman–Crippen MR) is 69.8 cm³/mol. The molecule has 1 aromatic rings. The van der Waals surface area contributed by atoms with Gasteiger partial charge in [-0.05, 0) is 5.41 Å². The number of carboxylic acid groups (broad SMARTS) is 1. The molecular weight excluding hydrogens is 262 g/mol. The van der Waals surface area contributed by atoms with Crippen molar-refractivity contribution in [3.8, 4) is 0 Å². The molecule has 0 aliphatic carbocycles. The van der Waals surface area contributed by atoms with E-state index in [2.05, 4.69) is 15.5 Å². The first kappa shape index (κ1) is 14.3. The van der Waals surface area contributed by atoms with Crippen molar-refractivity contribution in [3.63, 3.8) is 0 Å². The van der Waals surface area contributed by atoms with E-state index in [1.165, 1.54) is 0 Å². The second-order valence-electron chi connectivity index (χ2n) is 5.95. The van der Waals surface area contributed by atoms with Gasteiger partial charge in [0.15, 0.2) is 5.82 Å². The summed E-state index contributed by atoms with van der Waals surface area (Å²) in [7, 11) is 0. The van der Waals surface area contributed by atoms with E-state index in [1.807, 2.05) is 4.57 Å². The summed E-state index contributed by atoms with van der Waals surface area (Å²) in [5.41, 5.74) is -0.558. The molecule has 0 aromatic carbocycles. The van der Waals surface area contributed by atoms with Gasteiger partial charge >= 0.3 is 12.0 Å². The highest BCUT2D eigenvalue weighted by atomic mass is 16.4. The third-order valence-electron chi connectivity index (χ3n) is 3.31. The fourth-order valence-corrected chi connectivity index (χ4v) is 2.10. The average Bonchev–Trinajstić information content (AvgIpc) is 2.80.